The number of aliphatic hydroxyl groups is 1. The summed E-state index contributed by atoms with van der Waals surface area (Å²) >= 11 is 0. The van der Waals surface area contributed by atoms with Crippen LogP contribution in [0.1, 0.15) is 11.1 Å². The maximum atomic E-state index is 13.4. The van der Waals surface area contributed by atoms with Crippen molar-refractivity contribution in [2.75, 3.05) is 6.61 Å². The Morgan fingerprint density at radius 1 is 1.00 bits per heavy atom. The van der Waals surface area contributed by atoms with Gasteiger partial charge in [-0.05, 0) is 24.3 Å². The molecule has 0 fully saturated rings. The Balaban J connectivity index is 2.19. The molecule has 0 spiro atoms. The number of hydrogen-bond acceptors (Lipinski definition) is 2. The van der Waals surface area contributed by atoms with Crippen LogP contribution < -0.4 is 4.74 Å². The zero-order valence-electron chi connectivity index (χ0n) is 10.9. The van der Waals surface area contributed by atoms with E-state index in [0.717, 1.165) is 6.07 Å². The number of ether oxygens (including phenoxy) is 1. The van der Waals surface area contributed by atoms with Crippen LogP contribution in [-0.2, 0) is 6.61 Å². The Hall–Kier alpha value is -2.45. The summed E-state index contributed by atoms with van der Waals surface area (Å²) in [7, 11) is 0. The van der Waals surface area contributed by atoms with Crippen LogP contribution in [0.4, 0.5) is 13.2 Å². The van der Waals surface area contributed by atoms with Crippen molar-refractivity contribution in [1.82, 2.24) is 0 Å². The summed E-state index contributed by atoms with van der Waals surface area (Å²) in [4.78, 5) is 0. The Kier molecular flexibility index (Phi) is 4.85. The van der Waals surface area contributed by atoms with Crippen molar-refractivity contribution in [3.05, 3.63) is 65.0 Å². The van der Waals surface area contributed by atoms with Crippen molar-refractivity contribution in [2.45, 2.75) is 6.61 Å². The van der Waals surface area contributed by atoms with Gasteiger partial charge in [-0.2, -0.15) is 0 Å². The minimum Gasteiger partial charge on any atom is -0.486 e. The summed E-state index contributed by atoms with van der Waals surface area (Å²) in [5.41, 5.74) is 0.868. The summed E-state index contributed by atoms with van der Waals surface area (Å²) in [6, 6.07) is 6.85. The summed E-state index contributed by atoms with van der Waals surface area (Å²) in [5, 5.41) is 8.67. The molecule has 2 nitrogen and oxygen atoms in total. The molecule has 0 saturated heterocycles. The second-order valence-corrected chi connectivity index (χ2v) is 4.12. The van der Waals surface area contributed by atoms with E-state index in [1.807, 2.05) is 0 Å². The van der Waals surface area contributed by atoms with Gasteiger partial charge in [-0.25, -0.2) is 13.2 Å². The lowest BCUT2D eigenvalue weighted by Crippen LogP contribution is -2.01. The minimum absolute atomic E-state index is 0.0573. The van der Waals surface area contributed by atoms with Crippen molar-refractivity contribution in [3.63, 3.8) is 0 Å². The topological polar surface area (TPSA) is 29.5 Å². The molecule has 0 atom stereocenters. The van der Waals surface area contributed by atoms with Crippen LogP contribution >= 0.6 is 0 Å². The lowest BCUT2D eigenvalue weighted by molar-refractivity contribution is 0.289. The molecule has 0 aliphatic heterocycles. The lowest BCUT2D eigenvalue weighted by Gasteiger charge is -2.09. The molecule has 21 heavy (non-hydrogen) atoms. The number of benzene rings is 2. The van der Waals surface area contributed by atoms with Crippen molar-refractivity contribution in [2.24, 2.45) is 0 Å². The minimum atomic E-state index is -0.819. The van der Waals surface area contributed by atoms with Gasteiger partial charge in [0, 0.05) is 17.2 Å². The van der Waals surface area contributed by atoms with Crippen molar-refractivity contribution in [3.8, 4) is 17.6 Å². The highest BCUT2D eigenvalue weighted by molar-refractivity contribution is 5.41. The molecule has 0 aromatic heterocycles. The van der Waals surface area contributed by atoms with Gasteiger partial charge in [-0.15, -0.1) is 0 Å². The van der Waals surface area contributed by atoms with Gasteiger partial charge < -0.3 is 9.84 Å². The second-order valence-electron chi connectivity index (χ2n) is 4.12. The molecule has 108 valence electrons. The van der Waals surface area contributed by atoms with E-state index in [1.165, 1.54) is 24.3 Å². The molecular weight excluding hydrogens is 281 g/mol. The van der Waals surface area contributed by atoms with Crippen molar-refractivity contribution in [1.29, 1.82) is 0 Å². The Morgan fingerprint density at radius 3 is 2.43 bits per heavy atom. The van der Waals surface area contributed by atoms with Gasteiger partial charge in [-0.1, -0.05) is 17.9 Å². The molecule has 0 aliphatic carbocycles. The van der Waals surface area contributed by atoms with Crippen LogP contribution in [0, 0.1) is 29.3 Å². The monoisotopic (exact) mass is 292 g/mol. The summed E-state index contributed by atoms with van der Waals surface area (Å²) in [6.07, 6.45) is 0. The van der Waals surface area contributed by atoms with Gasteiger partial charge in [-0.3, -0.25) is 0 Å². The van der Waals surface area contributed by atoms with E-state index >= 15 is 0 Å². The summed E-state index contributed by atoms with van der Waals surface area (Å²) < 4.78 is 44.6. The molecule has 0 aliphatic rings. The van der Waals surface area contributed by atoms with Crippen molar-refractivity contribution >= 4 is 0 Å². The lowest BCUT2D eigenvalue weighted by atomic mass is 10.1. The zero-order chi connectivity index (χ0) is 15.2. The third-order valence-electron chi connectivity index (χ3n) is 2.65. The molecular formula is C16H11F3O2. The highest BCUT2D eigenvalue weighted by Gasteiger charge is 2.07. The second kappa shape index (κ2) is 6.82. The van der Waals surface area contributed by atoms with E-state index in [2.05, 4.69) is 11.8 Å². The molecule has 0 saturated carbocycles. The van der Waals surface area contributed by atoms with E-state index in [4.69, 9.17) is 9.84 Å². The smallest absolute Gasteiger partial charge is 0.167 e. The van der Waals surface area contributed by atoms with Gasteiger partial charge in [0.25, 0.3) is 0 Å². The maximum Gasteiger partial charge on any atom is 0.167 e. The largest absolute Gasteiger partial charge is 0.486 e. The van der Waals surface area contributed by atoms with Crippen LogP contribution in [0.15, 0.2) is 36.4 Å². The first-order chi connectivity index (χ1) is 10.1. The van der Waals surface area contributed by atoms with Crippen LogP contribution in [0.25, 0.3) is 0 Å². The predicted octanol–water partition coefficient (Wildman–Crippen LogP) is 3.03. The molecule has 1 N–H and O–H groups in total. The van der Waals surface area contributed by atoms with E-state index in [0.29, 0.717) is 17.2 Å². The molecule has 0 bridgehead atoms. The van der Waals surface area contributed by atoms with Crippen LogP contribution in [0.5, 0.6) is 5.75 Å². The fourth-order valence-electron chi connectivity index (χ4n) is 1.67. The average molecular weight is 292 g/mol. The molecule has 2 aromatic rings. The van der Waals surface area contributed by atoms with Gasteiger partial charge in [0.15, 0.2) is 11.6 Å². The zero-order valence-corrected chi connectivity index (χ0v) is 10.9. The molecule has 5 heteroatoms. The van der Waals surface area contributed by atoms with Crippen LogP contribution in [-0.4, -0.2) is 11.7 Å². The first kappa shape index (κ1) is 14.9. The van der Waals surface area contributed by atoms with E-state index in [-0.39, 0.29) is 19.0 Å². The Bertz CT molecular complexity index is 702. The normalized spacial score (nSPS) is 9.90. The number of hydrogen-bond donors (Lipinski definition) is 1. The third kappa shape index (κ3) is 4.01. The van der Waals surface area contributed by atoms with Crippen LogP contribution in [0.3, 0.4) is 0 Å². The Labute approximate surface area is 119 Å². The summed E-state index contributed by atoms with van der Waals surface area (Å²) in [5.74, 6) is 2.89. The molecule has 0 radical (unpaired) electrons. The summed E-state index contributed by atoms with van der Waals surface area (Å²) in [6.45, 7) is -0.415. The highest BCUT2D eigenvalue weighted by Crippen LogP contribution is 2.20. The van der Waals surface area contributed by atoms with Gasteiger partial charge >= 0.3 is 0 Å². The van der Waals surface area contributed by atoms with Crippen molar-refractivity contribution < 1.29 is 23.0 Å². The standard InChI is InChI=1S/C16H11F3O2/c17-13-4-3-12(11(8-13)2-1-7-20)10-21-16-6-5-14(18)9-15(16)19/h3-6,8-9,20H,7,10H2. The first-order valence-electron chi connectivity index (χ1n) is 6.06. The Morgan fingerprint density at radius 2 is 1.71 bits per heavy atom. The number of rotatable bonds is 3. The van der Waals surface area contributed by atoms with Gasteiger partial charge in [0.05, 0.1) is 0 Å². The van der Waals surface area contributed by atoms with E-state index in [1.54, 1.807) is 0 Å². The maximum absolute atomic E-state index is 13.4. The third-order valence-corrected chi connectivity index (χ3v) is 2.65. The molecule has 0 unspecified atom stereocenters. The molecule has 0 heterocycles. The van der Waals surface area contributed by atoms with E-state index in [9.17, 15) is 13.2 Å². The fourth-order valence-corrected chi connectivity index (χ4v) is 1.67. The fraction of sp³-hybridized carbons (Fsp3) is 0.125. The van der Waals surface area contributed by atoms with E-state index < -0.39 is 17.5 Å². The first-order valence-corrected chi connectivity index (χ1v) is 6.06. The van der Waals surface area contributed by atoms with Gasteiger partial charge in [0.2, 0.25) is 0 Å². The number of halogens is 3. The molecule has 2 aromatic carbocycles. The number of aliphatic hydroxyl groups excluding tert-OH is 1. The quantitative estimate of drug-likeness (QED) is 0.881. The SMILES string of the molecule is OCC#Cc1cc(F)ccc1COc1ccc(F)cc1F. The predicted molar refractivity (Wildman–Crippen MR) is 71.1 cm³/mol. The van der Waals surface area contributed by atoms with Gasteiger partial charge in [0.1, 0.15) is 24.8 Å². The molecule has 0 amide bonds. The molecule has 2 rings (SSSR count). The van der Waals surface area contributed by atoms with Crippen LogP contribution in [0.2, 0.25) is 0 Å². The highest BCUT2D eigenvalue weighted by atomic mass is 19.1. The average Bonchev–Trinajstić information content (AvgIpc) is 2.45.